The van der Waals surface area contributed by atoms with E-state index in [0.717, 1.165) is 9.75 Å². The van der Waals surface area contributed by atoms with Crippen LogP contribution in [-0.2, 0) is 0 Å². The van der Waals surface area contributed by atoms with E-state index in [1.165, 1.54) is 23.1 Å². The van der Waals surface area contributed by atoms with Gasteiger partial charge < -0.3 is 9.80 Å². The first kappa shape index (κ1) is 17.0. The minimum absolute atomic E-state index is 0.0593. The number of piperazine rings is 1. The van der Waals surface area contributed by atoms with Gasteiger partial charge in [0.1, 0.15) is 11.4 Å². The molecule has 128 valence electrons. The van der Waals surface area contributed by atoms with Gasteiger partial charge in [-0.1, -0.05) is 0 Å². The van der Waals surface area contributed by atoms with Crippen molar-refractivity contribution in [2.24, 2.45) is 0 Å². The summed E-state index contributed by atoms with van der Waals surface area (Å²) in [5, 5.41) is 0. The summed E-state index contributed by atoms with van der Waals surface area (Å²) in [7, 11) is 0. The van der Waals surface area contributed by atoms with Gasteiger partial charge in [-0.2, -0.15) is 8.75 Å². The SMILES string of the molecule is Cc1cc(C(=O)N2C[C@@H](C)N(C(=O)c3cc(C)sn3)[C@@H](C)C2)ns1. The van der Waals surface area contributed by atoms with Gasteiger partial charge in [-0.25, -0.2) is 0 Å². The number of carbonyl (C=O) groups is 2. The minimum atomic E-state index is -0.0630. The Morgan fingerprint density at radius 3 is 1.83 bits per heavy atom. The van der Waals surface area contributed by atoms with Crippen LogP contribution in [0.3, 0.4) is 0 Å². The Bertz CT molecular complexity index is 758. The second-order valence-corrected chi connectivity index (χ2v) is 8.28. The molecule has 6 nitrogen and oxygen atoms in total. The van der Waals surface area contributed by atoms with Gasteiger partial charge in [0.25, 0.3) is 11.8 Å². The van der Waals surface area contributed by atoms with Gasteiger partial charge in [-0.3, -0.25) is 9.59 Å². The normalized spacial score (nSPS) is 21.2. The molecule has 1 aliphatic heterocycles. The molecule has 0 aromatic carbocycles. The molecule has 3 rings (SSSR count). The smallest absolute Gasteiger partial charge is 0.274 e. The van der Waals surface area contributed by atoms with Gasteiger partial charge in [0.2, 0.25) is 0 Å². The van der Waals surface area contributed by atoms with E-state index in [-0.39, 0.29) is 23.9 Å². The van der Waals surface area contributed by atoms with E-state index in [1.807, 2.05) is 44.7 Å². The number of hydrogen-bond acceptors (Lipinski definition) is 6. The summed E-state index contributed by atoms with van der Waals surface area (Å²) in [5.74, 6) is -0.120. The van der Waals surface area contributed by atoms with Crippen LogP contribution in [0.1, 0.15) is 44.6 Å². The average Bonchev–Trinajstić information content (AvgIpc) is 3.14. The number of aromatic nitrogens is 2. The first-order chi connectivity index (χ1) is 11.4. The Morgan fingerprint density at radius 1 is 0.958 bits per heavy atom. The molecule has 24 heavy (non-hydrogen) atoms. The van der Waals surface area contributed by atoms with Crippen molar-refractivity contribution < 1.29 is 9.59 Å². The van der Waals surface area contributed by atoms with E-state index < -0.39 is 0 Å². The van der Waals surface area contributed by atoms with Crippen molar-refractivity contribution in [1.82, 2.24) is 18.5 Å². The van der Waals surface area contributed by atoms with E-state index in [0.29, 0.717) is 24.5 Å². The summed E-state index contributed by atoms with van der Waals surface area (Å²) in [5.41, 5.74) is 0.984. The molecule has 2 aromatic heterocycles. The molecule has 0 aliphatic carbocycles. The van der Waals surface area contributed by atoms with Gasteiger partial charge in [0, 0.05) is 34.9 Å². The number of aryl methyl sites for hydroxylation is 2. The molecule has 0 N–H and O–H groups in total. The third-order valence-corrected chi connectivity index (χ3v) is 5.52. The lowest BCUT2D eigenvalue weighted by Crippen LogP contribution is -2.59. The third-order valence-electron chi connectivity index (χ3n) is 4.13. The quantitative estimate of drug-likeness (QED) is 0.821. The first-order valence-corrected chi connectivity index (χ1v) is 9.40. The van der Waals surface area contributed by atoms with Gasteiger partial charge in [-0.05, 0) is 62.9 Å². The maximum absolute atomic E-state index is 12.7. The lowest BCUT2D eigenvalue weighted by atomic mass is 10.1. The number of nitrogens with zero attached hydrogens (tertiary/aromatic N) is 4. The standard InChI is InChI=1S/C16H20N4O2S2/c1-9-7-19(15(21)13-5-11(3)23-17-13)8-10(2)20(9)16(22)14-6-12(4)24-18-14/h5-6,9-10H,7-8H2,1-4H3/t9-,10+. The summed E-state index contributed by atoms with van der Waals surface area (Å²) in [6.07, 6.45) is 0. The van der Waals surface area contributed by atoms with Crippen molar-refractivity contribution in [2.75, 3.05) is 13.1 Å². The highest BCUT2D eigenvalue weighted by atomic mass is 32.1. The van der Waals surface area contributed by atoms with Crippen LogP contribution < -0.4 is 0 Å². The van der Waals surface area contributed by atoms with Crippen LogP contribution in [0.4, 0.5) is 0 Å². The topological polar surface area (TPSA) is 66.4 Å². The Hall–Kier alpha value is -1.80. The Balaban J connectivity index is 1.74. The predicted molar refractivity (Wildman–Crippen MR) is 94.7 cm³/mol. The molecule has 8 heteroatoms. The zero-order valence-corrected chi connectivity index (χ0v) is 15.8. The van der Waals surface area contributed by atoms with Crippen molar-refractivity contribution >= 4 is 34.9 Å². The van der Waals surface area contributed by atoms with E-state index in [9.17, 15) is 9.59 Å². The maximum atomic E-state index is 12.7. The highest BCUT2D eigenvalue weighted by Crippen LogP contribution is 2.22. The Morgan fingerprint density at radius 2 is 1.42 bits per heavy atom. The van der Waals surface area contributed by atoms with Crippen LogP contribution in [0.2, 0.25) is 0 Å². The molecule has 2 aromatic rings. The number of carbonyl (C=O) groups excluding carboxylic acids is 2. The summed E-state index contributed by atoms with van der Waals surface area (Å²) in [6, 6.07) is 3.51. The third kappa shape index (κ3) is 3.21. The minimum Gasteiger partial charge on any atom is -0.333 e. The zero-order chi connectivity index (χ0) is 17.4. The van der Waals surface area contributed by atoms with Crippen LogP contribution in [0.5, 0.6) is 0 Å². The van der Waals surface area contributed by atoms with Gasteiger partial charge in [-0.15, -0.1) is 0 Å². The van der Waals surface area contributed by atoms with E-state index in [4.69, 9.17) is 0 Å². The van der Waals surface area contributed by atoms with Crippen LogP contribution in [0.25, 0.3) is 0 Å². The van der Waals surface area contributed by atoms with Crippen LogP contribution in [0, 0.1) is 13.8 Å². The maximum Gasteiger partial charge on any atom is 0.274 e. The van der Waals surface area contributed by atoms with Crippen LogP contribution in [-0.4, -0.2) is 55.5 Å². The van der Waals surface area contributed by atoms with Crippen molar-refractivity contribution in [3.63, 3.8) is 0 Å². The predicted octanol–water partition coefficient (Wildman–Crippen LogP) is 2.59. The molecule has 3 heterocycles. The molecular formula is C16H20N4O2S2. The average molecular weight is 364 g/mol. The summed E-state index contributed by atoms with van der Waals surface area (Å²) in [4.78, 5) is 31.0. The molecule has 0 spiro atoms. The molecule has 1 fully saturated rings. The van der Waals surface area contributed by atoms with Gasteiger partial charge >= 0.3 is 0 Å². The second kappa shape index (κ2) is 6.60. The van der Waals surface area contributed by atoms with Crippen molar-refractivity contribution in [3.8, 4) is 0 Å². The summed E-state index contributed by atoms with van der Waals surface area (Å²) in [6.45, 7) is 8.84. The molecule has 0 unspecified atom stereocenters. The molecular weight excluding hydrogens is 344 g/mol. The van der Waals surface area contributed by atoms with E-state index in [2.05, 4.69) is 8.75 Å². The molecule has 1 aliphatic rings. The molecule has 0 radical (unpaired) electrons. The van der Waals surface area contributed by atoms with E-state index >= 15 is 0 Å². The summed E-state index contributed by atoms with van der Waals surface area (Å²) < 4.78 is 8.43. The molecule has 2 amide bonds. The number of rotatable bonds is 2. The zero-order valence-electron chi connectivity index (χ0n) is 14.1. The summed E-state index contributed by atoms with van der Waals surface area (Å²) >= 11 is 2.67. The number of hydrogen-bond donors (Lipinski definition) is 0. The molecule has 1 saturated heterocycles. The number of amides is 2. The van der Waals surface area contributed by atoms with Gasteiger partial charge in [0.15, 0.2) is 0 Å². The Labute approximate surface area is 149 Å². The molecule has 2 atom stereocenters. The van der Waals surface area contributed by atoms with Crippen LogP contribution in [0.15, 0.2) is 12.1 Å². The fourth-order valence-electron chi connectivity index (χ4n) is 3.12. The van der Waals surface area contributed by atoms with Crippen molar-refractivity contribution in [3.05, 3.63) is 33.3 Å². The molecule has 0 saturated carbocycles. The van der Waals surface area contributed by atoms with Crippen LogP contribution >= 0.6 is 23.1 Å². The largest absolute Gasteiger partial charge is 0.333 e. The fraction of sp³-hybridized carbons (Fsp3) is 0.500. The fourth-order valence-corrected chi connectivity index (χ4v) is 4.19. The lowest BCUT2D eigenvalue weighted by molar-refractivity contribution is 0.0249. The van der Waals surface area contributed by atoms with Crippen molar-refractivity contribution in [2.45, 2.75) is 39.8 Å². The highest BCUT2D eigenvalue weighted by molar-refractivity contribution is 7.06. The first-order valence-electron chi connectivity index (χ1n) is 7.85. The van der Waals surface area contributed by atoms with Crippen molar-refractivity contribution in [1.29, 1.82) is 0 Å². The lowest BCUT2D eigenvalue weighted by Gasteiger charge is -2.44. The molecule has 0 bridgehead atoms. The Kier molecular flexibility index (Phi) is 4.69. The van der Waals surface area contributed by atoms with Gasteiger partial charge in [0.05, 0.1) is 0 Å². The van der Waals surface area contributed by atoms with E-state index in [1.54, 1.807) is 4.90 Å². The second-order valence-electron chi connectivity index (χ2n) is 6.27. The highest BCUT2D eigenvalue weighted by Gasteiger charge is 2.36. The monoisotopic (exact) mass is 364 g/mol.